The van der Waals surface area contributed by atoms with Gasteiger partial charge in [-0.05, 0) is 50.5 Å². The molecule has 0 bridgehead atoms. The molecule has 0 fully saturated rings. The molecule has 4 rings (SSSR count). The second kappa shape index (κ2) is 10.3. The van der Waals surface area contributed by atoms with Crippen LogP contribution in [0, 0.1) is 6.92 Å². The number of hydrogen-bond donors (Lipinski definition) is 1. The van der Waals surface area contributed by atoms with Gasteiger partial charge in [0, 0.05) is 38.6 Å². The standard InChI is InChI=1S/C26H30N6O2/c1-4-32-23(17-19(2)29-32)25(33)28-14-13-21(18-20-9-6-5-7-10-20)30(3)26(34)22-11-8-12-24-27-15-16-31(22)24/h5-12,15-17,21H,4,13-14,18H2,1-3H3,(H,28,33). The van der Waals surface area contributed by atoms with Crippen LogP contribution >= 0.6 is 0 Å². The zero-order valence-electron chi connectivity index (χ0n) is 19.8. The number of aryl methyl sites for hydroxylation is 2. The minimum Gasteiger partial charge on any atom is -0.351 e. The predicted octanol–water partition coefficient (Wildman–Crippen LogP) is 3.36. The minimum absolute atomic E-state index is 0.0875. The van der Waals surface area contributed by atoms with Crippen LogP contribution < -0.4 is 5.32 Å². The third-order valence-electron chi connectivity index (χ3n) is 6.03. The van der Waals surface area contributed by atoms with Gasteiger partial charge >= 0.3 is 0 Å². The zero-order chi connectivity index (χ0) is 24.1. The Bertz CT molecular complexity index is 1280. The zero-order valence-corrected chi connectivity index (χ0v) is 19.8. The maximum absolute atomic E-state index is 13.5. The van der Waals surface area contributed by atoms with Gasteiger partial charge in [-0.1, -0.05) is 36.4 Å². The van der Waals surface area contributed by atoms with Gasteiger partial charge in [0.2, 0.25) is 0 Å². The van der Waals surface area contributed by atoms with Crippen LogP contribution in [0.5, 0.6) is 0 Å². The summed E-state index contributed by atoms with van der Waals surface area (Å²) in [6.45, 7) is 4.90. The van der Waals surface area contributed by atoms with E-state index >= 15 is 0 Å². The highest BCUT2D eigenvalue weighted by molar-refractivity contribution is 5.93. The third-order valence-corrected chi connectivity index (χ3v) is 6.03. The number of carbonyl (C=O) groups excluding carboxylic acids is 2. The first-order valence-electron chi connectivity index (χ1n) is 11.5. The molecule has 0 aliphatic carbocycles. The summed E-state index contributed by atoms with van der Waals surface area (Å²) >= 11 is 0. The number of nitrogens with zero attached hydrogens (tertiary/aromatic N) is 5. The summed E-state index contributed by atoms with van der Waals surface area (Å²) in [6, 6.07) is 17.3. The van der Waals surface area contributed by atoms with Crippen LogP contribution in [0.2, 0.25) is 0 Å². The Hall–Kier alpha value is -3.94. The number of fused-ring (bicyclic) bond motifs is 1. The molecule has 1 unspecified atom stereocenters. The van der Waals surface area contributed by atoms with Crippen molar-refractivity contribution >= 4 is 17.5 Å². The summed E-state index contributed by atoms with van der Waals surface area (Å²) in [5, 5.41) is 7.36. The van der Waals surface area contributed by atoms with Crippen LogP contribution in [0.25, 0.3) is 5.65 Å². The first-order valence-corrected chi connectivity index (χ1v) is 11.5. The Kier molecular flexibility index (Phi) is 7.06. The Morgan fingerprint density at radius 1 is 1.09 bits per heavy atom. The number of imidazole rings is 1. The number of benzene rings is 1. The van der Waals surface area contributed by atoms with Gasteiger partial charge in [-0.2, -0.15) is 5.10 Å². The number of likely N-dealkylation sites (N-methyl/N-ethyl adjacent to an activating group) is 1. The molecule has 0 spiro atoms. The second-order valence-electron chi connectivity index (χ2n) is 8.36. The fourth-order valence-corrected chi connectivity index (χ4v) is 4.20. The van der Waals surface area contributed by atoms with Crippen LogP contribution in [0.15, 0.2) is 67.0 Å². The number of pyridine rings is 1. The van der Waals surface area contributed by atoms with Crippen LogP contribution in [-0.2, 0) is 13.0 Å². The molecule has 0 aliphatic heterocycles. The van der Waals surface area contributed by atoms with E-state index in [-0.39, 0.29) is 17.9 Å². The van der Waals surface area contributed by atoms with Gasteiger partial charge in [0.05, 0.1) is 5.69 Å². The van der Waals surface area contributed by atoms with Gasteiger partial charge < -0.3 is 10.2 Å². The van der Waals surface area contributed by atoms with E-state index in [1.165, 1.54) is 0 Å². The van der Waals surface area contributed by atoms with E-state index in [1.807, 2.05) is 57.3 Å². The first kappa shape index (κ1) is 23.2. The van der Waals surface area contributed by atoms with Gasteiger partial charge in [-0.15, -0.1) is 0 Å². The molecule has 0 radical (unpaired) electrons. The molecule has 34 heavy (non-hydrogen) atoms. The molecule has 3 aromatic heterocycles. The fourth-order valence-electron chi connectivity index (χ4n) is 4.20. The van der Waals surface area contributed by atoms with Crippen LogP contribution in [-0.4, -0.2) is 55.5 Å². The molecule has 1 atom stereocenters. The van der Waals surface area contributed by atoms with E-state index in [0.29, 0.717) is 37.3 Å². The normalized spacial score (nSPS) is 12.0. The van der Waals surface area contributed by atoms with Crippen molar-refractivity contribution < 1.29 is 9.59 Å². The van der Waals surface area contributed by atoms with E-state index in [9.17, 15) is 9.59 Å². The lowest BCUT2D eigenvalue weighted by Gasteiger charge is -2.29. The van der Waals surface area contributed by atoms with Crippen molar-refractivity contribution in [1.82, 2.24) is 29.4 Å². The minimum atomic E-state index is -0.155. The lowest BCUT2D eigenvalue weighted by Crippen LogP contribution is -2.41. The molecule has 4 aromatic rings. The fraction of sp³-hybridized carbons (Fsp3) is 0.308. The molecule has 0 saturated heterocycles. The molecular formula is C26H30N6O2. The first-order chi connectivity index (χ1) is 16.5. The van der Waals surface area contributed by atoms with E-state index < -0.39 is 0 Å². The SMILES string of the molecule is CCn1nc(C)cc1C(=O)NCCC(Cc1ccccc1)N(C)C(=O)c1cccc2nccn12. The Morgan fingerprint density at radius 3 is 2.65 bits per heavy atom. The number of amides is 2. The summed E-state index contributed by atoms with van der Waals surface area (Å²) in [4.78, 5) is 32.3. The molecule has 2 amide bonds. The van der Waals surface area contributed by atoms with Crippen molar-refractivity contribution in [1.29, 1.82) is 0 Å². The van der Waals surface area contributed by atoms with Crippen LogP contribution in [0.1, 0.15) is 45.6 Å². The summed E-state index contributed by atoms with van der Waals surface area (Å²) in [5.74, 6) is -0.242. The average Bonchev–Trinajstić information content (AvgIpc) is 3.49. The Balaban J connectivity index is 1.50. The number of carbonyl (C=O) groups is 2. The average molecular weight is 459 g/mol. The maximum Gasteiger partial charge on any atom is 0.270 e. The second-order valence-corrected chi connectivity index (χ2v) is 8.36. The molecule has 176 valence electrons. The van der Waals surface area contributed by atoms with E-state index in [0.717, 1.165) is 16.9 Å². The molecule has 1 N–H and O–H groups in total. The Morgan fingerprint density at radius 2 is 1.88 bits per heavy atom. The van der Waals surface area contributed by atoms with Gasteiger partial charge in [0.1, 0.15) is 17.0 Å². The van der Waals surface area contributed by atoms with Gasteiger partial charge in [0.25, 0.3) is 11.8 Å². The van der Waals surface area contributed by atoms with Crippen molar-refractivity contribution in [3.8, 4) is 0 Å². The van der Waals surface area contributed by atoms with E-state index in [4.69, 9.17) is 0 Å². The van der Waals surface area contributed by atoms with Crippen LogP contribution in [0.3, 0.4) is 0 Å². The molecule has 8 nitrogen and oxygen atoms in total. The largest absolute Gasteiger partial charge is 0.351 e. The molecule has 1 aromatic carbocycles. The van der Waals surface area contributed by atoms with Crippen molar-refractivity contribution in [2.45, 2.75) is 39.3 Å². The monoisotopic (exact) mass is 458 g/mol. The van der Waals surface area contributed by atoms with Crippen molar-refractivity contribution in [3.63, 3.8) is 0 Å². The topological polar surface area (TPSA) is 84.5 Å². The van der Waals surface area contributed by atoms with E-state index in [1.54, 1.807) is 32.4 Å². The molecule has 0 aliphatic rings. The van der Waals surface area contributed by atoms with E-state index in [2.05, 4.69) is 27.5 Å². The summed E-state index contributed by atoms with van der Waals surface area (Å²) in [5.41, 5.74) is 3.79. The van der Waals surface area contributed by atoms with Gasteiger partial charge in [-0.25, -0.2) is 4.98 Å². The molecule has 3 heterocycles. The molecular weight excluding hydrogens is 428 g/mol. The highest BCUT2D eigenvalue weighted by Crippen LogP contribution is 2.16. The lowest BCUT2D eigenvalue weighted by molar-refractivity contribution is 0.0715. The third kappa shape index (κ3) is 5.01. The van der Waals surface area contributed by atoms with Crippen molar-refractivity contribution in [2.24, 2.45) is 0 Å². The summed E-state index contributed by atoms with van der Waals surface area (Å²) in [7, 11) is 1.82. The van der Waals surface area contributed by atoms with Crippen LogP contribution in [0.4, 0.5) is 0 Å². The van der Waals surface area contributed by atoms with Crippen molar-refractivity contribution in [2.75, 3.05) is 13.6 Å². The number of rotatable bonds is 9. The summed E-state index contributed by atoms with van der Waals surface area (Å²) in [6.07, 6.45) is 4.78. The maximum atomic E-state index is 13.5. The Labute approximate surface area is 199 Å². The summed E-state index contributed by atoms with van der Waals surface area (Å²) < 4.78 is 3.50. The number of hydrogen-bond acceptors (Lipinski definition) is 4. The van der Waals surface area contributed by atoms with Crippen molar-refractivity contribution in [3.05, 3.63) is 89.6 Å². The molecule has 0 saturated carbocycles. The van der Waals surface area contributed by atoms with Gasteiger partial charge in [-0.3, -0.25) is 18.7 Å². The predicted molar refractivity (Wildman–Crippen MR) is 131 cm³/mol. The quantitative estimate of drug-likeness (QED) is 0.417. The number of nitrogens with one attached hydrogen (secondary N) is 1. The molecule has 8 heteroatoms. The highest BCUT2D eigenvalue weighted by Gasteiger charge is 2.24. The lowest BCUT2D eigenvalue weighted by atomic mass is 10.0. The van der Waals surface area contributed by atoms with Gasteiger partial charge in [0.15, 0.2) is 0 Å². The highest BCUT2D eigenvalue weighted by atomic mass is 16.2. The number of aromatic nitrogens is 4. The smallest absolute Gasteiger partial charge is 0.270 e.